The minimum atomic E-state index is -0.270. The lowest BCUT2D eigenvalue weighted by atomic mass is 10.1. The number of para-hydroxylation sites is 1. The lowest BCUT2D eigenvalue weighted by Gasteiger charge is -2.27. The molecule has 2 unspecified atom stereocenters. The number of nitrogens with zero attached hydrogens (tertiary/aromatic N) is 3. The number of anilines is 2. The third-order valence-electron chi connectivity index (χ3n) is 4.96. The molecule has 0 amide bonds. The van der Waals surface area contributed by atoms with Crippen LogP contribution in [0.25, 0.3) is 0 Å². The van der Waals surface area contributed by atoms with E-state index in [4.69, 9.17) is 0 Å². The smallest absolute Gasteiger partial charge is 0.315 e. The number of rotatable bonds is 3. The van der Waals surface area contributed by atoms with Gasteiger partial charge in [0.15, 0.2) is 0 Å². The number of nitro benzene ring substituents is 1. The molecule has 6 nitrogen and oxygen atoms in total. The molecule has 2 atom stereocenters. The molecule has 6 heteroatoms. The monoisotopic (exact) mass is 290 g/mol. The summed E-state index contributed by atoms with van der Waals surface area (Å²) in [6, 6.07) is 6.67. The molecule has 0 saturated carbocycles. The SMILES string of the molecule is CNc1cccc(N2CCC3CCC(C2)N3C)c1[N+](=O)[O-]. The van der Waals surface area contributed by atoms with Gasteiger partial charge in [-0.25, -0.2) is 0 Å². The molecule has 0 spiro atoms. The summed E-state index contributed by atoms with van der Waals surface area (Å²) in [6.45, 7) is 1.76. The van der Waals surface area contributed by atoms with Crippen LogP contribution in [0.15, 0.2) is 18.2 Å². The van der Waals surface area contributed by atoms with Gasteiger partial charge in [-0.3, -0.25) is 15.0 Å². The summed E-state index contributed by atoms with van der Waals surface area (Å²) < 4.78 is 0. The largest absolute Gasteiger partial charge is 0.382 e. The van der Waals surface area contributed by atoms with E-state index in [-0.39, 0.29) is 10.6 Å². The minimum Gasteiger partial charge on any atom is -0.382 e. The fourth-order valence-corrected chi connectivity index (χ4v) is 3.71. The van der Waals surface area contributed by atoms with Crippen molar-refractivity contribution < 1.29 is 4.92 Å². The van der Waals surface area contributed by atoms with Crippen LogP contribution in [-0.2, 0) is 0 Å². The number of hydrogen-bond acceptors (Lipinski definition) is 5. The van der Waals surface area contributed by atoms with Crippen molar-refractivity contribution in [1.29, 1.82) is 0 Å². The molecule has 2 aliphatic heterocycles. The Morgan fingerprint density at radius 3 is 2.76 bits per heavy atom. The van der Waals surface area contributed by atoms with Crippen molar-refractivity contribution in [2.24, 2.45) is 0 Å². The van der Waals surface area contributed by atoms with Crippen LogP contribution in [0.3, 0.4) is 0 Å². The van der Waals surface area contributed by atoms with Crippen LogP contribution in [0.2, 0.25) is 0 Å². The Kier molecular flexibility index (Phi) is 3.71. The van der Waals surface area contributed by atoms with Gasteiger partial charge in [-0.05, 0) is 38.4 Å². The normalized spacial score (nSPS) is 25.7. The van der Waals surface area contributed by atoms with Gasteiger partial charge in [-0.2, -0.15) is 0 Å². The Morgan fingerprint density at radius 2 is 2.05 bits per heavy atom. The van der Waals surface area contributed by atoms with Crippen molar-refractivity contribution in [1.82, 2.24) is 4.90 Å². The highest BCUT2D eigenvalue weighted by atomic mass is 16.6. The van der Waals surface area contributed by atoms with E-state index in [2.05, 4.69) is 22.2 Å². The van der Waals surface area contributed by atoms with E-state index in [1.807, 2.05) is 12.1 Å². The van der Waals surface area contributed by atoms with E-state index in [9.17, 15) is 10.1 Å². The van der Waals surface area contributed by atoms with Gasteiger partial charge in [-0.15, -0.1) is 0 Å². The van der Waals surface area contributed by atoms with Crippen LogP contribution in [-0.4, -0.2) is 49.1 Å². The first-order valence-electron chi connectivity index (χ1n) is 7.54. The highest BCUT2D eigenvalue weighted by molar-refractivity contribution is 5.77. The zero-order valence-corrected chi connectivity index (χ0v) is 12.6. The fraction of sp³-hybridized carbons (Fsp3) is 0.600. The van der Waals surface area contributed by atoms with E-state index >= 15 is 0 Å². The number of likely N-dealkylation sites (N-methyl/N-ethyl adjacent to an activating group) is 1. The lowest BCUT2D eigenvalue weighted by molar-refractivity contribution is -0.383. The molecule has 3 rings (SSSR count). The van der Waals surface area contributed by atoms with Crippen LogP contribution in [0.1, 0.15) is 19.3 Å². The third kappa shape index (κ3) is 2.44. The maximum Gasteiger partial charge on any atom is 0.315 e. The first kappa shape index (κ1) is 14.1. The first-order chi connectivity index (χ1) is 10.1. The van der Waals surface area contributed by atoms with Gasteiger partial charge in [0.2, 0.25) is 0 Å². The molecule has 2 saturated heterocycles. The molecule has 1 aromatic carbocycles. The minimum absolute atomic E-state index is 0.195. The predicted molar refractivity (Wildman–Crippen MR) is 84.0 cm³/mol. The summed E-state index contributed by atoms with van der Waals surface area (Å²) >= 11 is 0. The van der Waals surface area contributed by atoms with Crippen LogP contribution in [0, 0.1) is 10.1 Å². The average Bonchev–Trinajstić information content (AvgIpc) is 2.71. The van der Waals surface area contributed by atoms with Gasteiger partial charge in [0, 0.05) is 32.2 Å². The number of nitro groups is 1. The summed E-state index contributed by atoms with van der Waals surface area (Å²) in [7, 11) is 3.91. The Balaban J connectivity index is 1.95. The van der Waals surface area contributed by atoms with Crippen molar-refractivity contribution in [2.75, 3.05) is 37.4 Å². The van der Waals surface area contributed by atoms with E-state index in [1.165, 1.54) is 12.8 Å². The third-order valence-corrected chi connectivity index (χ3v) is 4.96. The quantitative estimate of drug-likeness (QED) is 0.683. The molecule has 0 aromatic heterocycles. The second kappa shape index (κ2) is 5.52. The highest BCUT2D eigenvalue weighted by Crippen LogP contribution is 2.38. The molecular weight excluding hydrogens is 268 g/mol. The summed E-state index contributed by atoms with van der Waals surface area (Å²) in [5, 5.41) is 14.4. The maximum absolute atomic E-state index is 11.5. The van der Waals surface area contributed by atoms with Crippen molar-refractivity contribution in [3.8, 4) is 0 Å². The van der Waals surface area contributed by atoms with Gasteiger partial charge in [0.05, 0.1) is 4.92 Å². The lowest BCUT2D eigenvalue weighted by Crippen LogP contribution is -2.36. The van der Waals surface area contributed by atoms with Crippen molar-refractivity contribution in [3.63, 3.8) is 0 Å². The van der Waals surface area contributed by atoms with Crippen molar-refractivity contribution in [3.05, 3.63) is 28.3 Å². The average molecular weight is 290 g/mol. The maximum atomic E-state index is 11.5. The topological polar surface area (TPSA) is 61.6 Å². The molecule has 2 aliphatic rings. The zero-order chi connectivity index (χ0) is 15.0. The first-order valence-corrected chi connectivity index (χ1v) is 7.54. The molecule has 2 bridgehead atoms. The summed E-state index contributed by atoms with van der Waals surface area (Å²) in [4.78, 5) is 15.9. The second-order valence-corrected chi connectivity index (χ2v) is 5.97. The number of fused-ring (bicyclic) bond motifs is 2. The standard InChI is InChI=1S/C15H22N4O2/c1-16-13-4-3-5-14(15(13)19(20)21)18-9-8-11-6-7-12(10-18)17(11)2/h3-5,11-12,16H,6-10H2,1-2H3. The van der Waals surface area contributed by atoms with Crippen LogP contribution in [0.5, 0.6) is 0 Å². The van der Waals surface area contributed by atoms with Gasteiger partial charge >= 0.3 is 5.69 Å². The number of nitrogens with one attached hydrogen (secondary N) is 1. The number of benzene rings is 1. The molecule has 2 heterocycles. The van der Waals surface area contributed by atoms with Crippen molar-refractivity contribution >= 4 is 17.1 Å². The molecule has 2 fully saturated rings. The van der Waals surface area contributed by atoms with Gasteiger partial charge in [-0.1, -0.05) is 6.07 Å². The van der Waals surface area contributed by atoms with Gasteiger partial charge < -0.3 is 10.2 Å². The molecule has 1 N–H and O–H groups in total. The Bertz CT molecular complexity index is 548. The molecule has 0 radical (unpaired) electrons. The fourth-order valence-electron chi connectivity index (χ4n) is 3.71. The van der Waals surface area contributed by atoms with Crippen LogP contribution >= 0.6 is 0 Å². The van der Waals surface area contributed by atoms with E-state index in [1.54, 1.807) is 13.1 Å². The van der Waals surface area contributed by atoms with E-state index < -0.39 is 0 Å². The molecule has 114 valence electrons. The van der Waals surface area contributed by atoms with Crippen molar-refractivity contribution in [2.45, 2.75) is 31.3 Å². The zero-order valence-electron chi connectivity index (χ0n) is 12.6. The number of hydrogen-bond donors (Lipinski definition) is 1. The molecule has 1 aromatic rings. The summed E-state index contributed by atoms with van der Waals surface area (Å²) in [5.41, 5.74) is 1.52. The Hall–Kier alpha value is -1.82. The van der Waals surface area contributed by atoms with E-state index in [0.717, 1.165) is 25.2 Å². The van der Waals surface area contributed by atoms with Gasteiger partial charge in [0.25, 0.3) is 0 Å². The van der Waals surface area contributed by atoms with Crippen LogP contribution < -0.4 is 10.2 Å². The Labute approximate surface area is 124 Å². The second-order valence-electron chi connectivity index (χ2n) is 5.97. The van der Waals surface area contributed by atoms with E-state index in [0.29, 0.717) is 17.8 Å². The summed E-state index contributed by atoms with van der Waals surface area (Å²) in [5.74, 6) is 0. The van der Waals surface area contributed by atoms with Gasteiger partial charge in [0.1, 0.15) is 11.4 Å². The highest BCUT2D eigenvalue weighted by Gasteiger charge is 2.36. The molecular formula is C15H22N4O2. The van der Waals surface area contributed by atoms with Crippen LogP contribution in [0.4, 0.5) is 17.1 Å². The predicted octanol–water partition coefficient (Wildman–Crippen LogP) is 2.31. The summed E-state index contributed by atoms with van der Waals surface area (Å²) in [6.07, 6.45) is 3.53. The molecule has 21 heavy (non-hydrogen) atoms. The molecule has 0 aliphatic carbocycles. The Morgan fingerprint density at radius 1 is 1.29 bits per heavy atom.